The summed E-state index contributed by atoms with van der Waals surface area (Å²) in [6.07, 6.45) is 2.65. The van der Waals surface area contributed by atoms with Crippen LogP contribution in [0.3, 0.4) is 0 Å². The van der Waals surface area contributed by atoms with Crippen LogP contribution in [0.1, 0.15) is 10.4 Å². The summed E-state index contributed by atoms with van der Waals surface area (Å²) in [6, 6.07) is 6.38. The van der Waals surface area contributed by atoms with E-state index < -0.39 is 22.5 Å². The lowest BCUT2D eigenvalue weighted by Gasteiger charge is -2.11. The summed E-state index contributed by atoms with van der Waals surface area (Å²) in [5.74, 6) is -1.01. The molecule has 1 heterocycles. The van der Waals surface area contributed by atoms with Crippen molar-refractivity contribution in [2.45, 2.75) is 5.03 Å². The lowest BCUT2D eigenvalue weighted by molar-refractivity contribution is -0.115. The van der Waals surface area contributed by atoms with E-state index in [-0.39, 0.29) is 41.1 Å². The largest absolute Gasteiger partial charge is 0.351 e. The van der Waals surface area contributed by atoms with Gasteiger partial charge in [-0.3, -0.25) is 9.59 Å². The Hall–Kier alpha value is -2.47. The summed E-state index contributed by atoms with van der Waals surface area (Å²) >= 11 is 0. The number of carbonyl (C=O) groups excluding carboxylic acids is 2. The quantitative estimate of drug-likeness (QED) is 0.453. The number of nitrogens with zero attached hydrogens (tertiary/aromatic N) is 2. The van der Waals surface area contributed by atoms with Gasteiger partial charge in [0.05, 0.1) is 24.1 Å². The van der Waals surface area contributed by atoms with Crippen molar-refractivity contribution in [2.75, 3.05) is 25.0 Å². The fourth-order valence-electron chi connectivity index (χ4n) is 2.03. The first-order valence-electron chi connectivity index (χ1n) is 7.68. The number of sulfonamides is 1. The van der Waals surface area contributed by atoms with Crippen LogP contribution in [-0.2, 0) is 21.9 Å². The number of aryl methyl sites for hydroxylation is 1. The number of hydrogen-bond donors (Lipinski definition) is 4. The molecule has 0 atom stereocenters. The molecule has 0 aliphatic heterocycles. The average Bonchev–Trinajstić information content (AvgIpc) is 3.06. The molecule has 0 saturated carbocycles. The SMILES string of the molecule is Cl.Cn1cnc(S(=O)(=O)NCC(=O)Nc2ccccc2C(=O)NCCN)c1. The first-order chi connectivity index (χ1) is 12.3. The molecule has 10 nitrogen and oxygen atoms in total. The Kier molecular flexibility index (Phi) is 8.37. The Morgan fingerprint density at radius 1 is 1.26 bits per heavy atom. The van der Waals surface area contributed by atoms with E-state index in [2.05, 4.69) is 20.3 Å². The monoisotopic (exact) mass is 416 g/mol. The summed E-state index contributed by atoms with van der Waals surface area (Å²) in [7, 11) is -2.27. The number of carbonyl (C=O) groups is 2. The number of amides is 2. The second kappa shape index (κ2) is 10.0. The van der Waals surface area contributed by atoms with Crippen LogP contribution >= 0.6 is 12.4 Å². The fraction of sp³-hybridized carbons (Fsp3) is 0.267. The maximum absolute atomic E-state index is 12.1. The van der Waals surface area contributed by atoms with Crippen molar-refractivity contribution in [2.24, 2.45) is 12.8 Å². The highest BCUT2D eigenvalue weighted by Crippen LogP contribution is 2.14. The third-order valence-electron chi connectivity index (χ3n) is 3.25. The minimum atomic E-state index is -3.90. The van der Waals surface area contributed by atoms with Crippen LogP contribution in [0.5, 0.6) is 0 Å². The molecule has 1 aromatic carbocycles. The molecule has 12 heteroatoms. The van der Waals surface area contributed by atoms with Gasteiger partial charge in [-0.15, -0.1) is 12.4 Å². The average molecular weight is 417 g/mol. The van der Waals surface area contributed by atoms with Gasteiger partial charge >= 0.3 is 0 Å². The normalized spacial score (nSPS) is 10.7. The van der Waals surface area contributed by atoms with Crippen molar-refractivity contribution in [3.8, 4) is 0 Å². The zero-order valence-corrected chi connectivity index (χ0v) is 16.1. The molecule has 2 aromatic rings. The molecule has 5 N–H and O–H groups in total. The summed E-state index contributed by atoms with van der Waals surface area (Å²) in [5, 5.41) is 4.93. The summed E-state index contributed by atoms with van der Waals surface area (Å²) in [6.45, 7) is 0.0816. The Morgan fingerprint density at radius 2 is 1.96 bits per heavy atom. The maximum atomic E-state index is 12.1. The zero-order valence-electron chi connectivity index (χ0n) is 14.5. The van der Waals surface area contributed by atoms with Gasteiger partial charge in [-0.25, -0.2) is 18.1 Å². The Balaban J connectivity index is 0.00000364. The van der Waals surface area contributed by atoms with Crippen LogP contribution in [0.25, 0.3) is 0 Å². The van der Waals surface area contributed by atoms with E-state index in [0.29, 0.717) is 6.54 Å². The molecule has 0 radical (unpaired) electrons. The van der Waals surface area contributed by atoms with E-state index in [1.54, 1.807) is 31.3 Å². The molecule has 148 valence electrons. The zero-order chi connectivity index (χ0) is 19.2. The molecule has 27 heavy (non-hydrogen) atoms. The van der Waals surface area contributed by atoms with E-state index in [1.165, 1.54) is 17.1 Å². The van der Waals surface area contributed by atoms with Gasteiger partial charge in [0.1, 0.15) is 0 Å². The molecule has 2 amide bonds. The predicted octanol–water partition coefficient (Wildman–Crippen LogP) is -0.553. The minimum absolute atomic E-state index is 0. The van der Waals surface area contributed by atoms with Gasteiger partial charge in [0.25, 0.3) is 15.9 Å². The van der Waals surface area contributed by atoms with E-state index >= 15 is 0 Å². The van der Waals surface area contributed by atoms with Crippen LogP contribution in [0, 0.1) is 0 Å². The first kappa shape index (κ1) is 22.6. The number of nitrogens with two attached hydrogens (primary N) is 1. The summed E-state index contributed by atoms with van der Waals surface area (Å²) in [5.41, 5.74) is 5.87. The number of benzene rings is 1. The Morgan fingerprint density at radius 3 is 2.59 bits per heavy atom. The van der Waals surface area contributed by atoms with Crippen molar-refractivity contribution in [3.05, 3.63) is 42.4 Å². The molecule has 0 fully saturated rings. The molecule has 2 rings (SSSR count). The molecular weight excluding hydrogens is 396 g/mol. The van der Waals surface area contributed by atoms with Crippen molar-refractivity contribution in [1.29, 1.82) is 0 Å². The second-order valence-electron chi connectivity index (χ2n) is 5.34. The van der Waals surface area contributed by atoms with Crippen molar-refractivity contribution in [3.63, 3.8) is 0 Å². The van der Waals surface area contributed by atoms with E-state index in [9.17, 15) is 18.0 Å². The van der Waals surface area contributed by atoms with E-state index in [1.807, 2.05) is 0 Å². The molecule has 0 bridgehead atoms. The Bertz CT molecular complexity index is 899. The van der Waals surface area contributed by atoms with Crippen LogP contribution in [0.15, 0.2) is 41.8 Å². The van der Waals surface area contributed by atoms with Crippen LogP contribution in [0.2, 0.25) is 0 Å². The van der Waals surface area contributed by atoms with Gasteiger partial charge in [-0.05, 0) is 12.1 Å². The van der Waals surface area contributed by atoms with Gasteiger partial charge in [0.15, 0.2) is 5.03 Å². The minimum Gasteiger partial charge on any atom is -0.351 e. The molecule has 0 aliphatic rings. The molecule has 1 aromatic heterocycles. The van der Waals surface area contributed by atoms with Gasteiger partial charge in [-0.2, -0.15) is 0 Å². The third kappa shape index (κ3) is 6.32. The first-order valence-corrected chi connectivity index (χ1v) is 9.16. The lowest BCUT2D eigenvalue weighted by atomic mass is 10.1. The molecule has 0 aliphatic carbocycles. The third-order valence-corrected chi connectivity index (χ3v) is 4.54. The fourth-order valence-corrected chi connectivity index (χ4v) is 2.99. The number of aromatic nitrogens is 2. The lowest BCUT2D eigenvalue weighted by Crippen LogP contribution is -2.34. The molecular formula is C15H21ClN6O4S. The number of hydrogen-bond acceptors (Lipinski definition) is 6. The van der Waals surface area contributed by atoms with Gasteiger partial charge in [0, 0.05) is 26.3 Å². The highest BCUT2D eigenvalue weighted by atomic mass is 35.5. The number of nitrogens with one attached hydrogen (secondary N) is 3. The van der Waals surface area contributed by atoms with Crippen LogP contribution < -0.4 is 21.1 Å². The van der Waals surface area contributed by atoms with Crippen LogP contribution in [-0.4, -0.2) is 49.4 Å². The Labute approximate surface area is 163 Å². The van der Waals surface area contributed by atoms with Crippen LogP contribution in [0.4, 0.5) is 5.69 Å². The number of imidazole rings is 1. The maximum Gasteiger partial charge on any atom is 0.260 e. The number of halogens is 1. The molecule has 0 spiro atoms. The number of anilines is 1. The summed E-state index contributed by atoms with van der Waals surface area (Å²) < 4.78 is 27.7. The van der Waals surface area contributed by atoms with Crippen molar-refractivity contribution < 1.29 is 18.0 Å². The van der Waals surface area contributed by atoms with E-state index in [0.717, 1.165) is 0 Å². The van der Waals surface area contributed by atoms with Gasteiger partial charge in [0.2, 0.25) is 5.91 Å². The van der Waals surface area contributed by atoms with Crippen molar-refractivity contribution in [1.82, 2.24) is 19.6 Å². The van der Waals surface area contributed by atoms with Gasteiger partial charge in [-0.1, -0.05) is 12.1 Å². The van der Waals surface area contributed by atoms with Crippen molar-refractivity contribution >= 4 is 39.9 Å². The molecule has 0 saturated heterocycles. The predicted molar refractivity (Wildman–Crippen MR) is 102 cm³/mol. The second-order valence-corrected chi connectivity index (χ2v) is 7.05. The topological polar surface area (TPSA) is 148 Å². The smallest absolute Gasteiger partial charge is 0.260 e. The summed E-state index contributed by atoms with van der Waals surface area (Å²) in [4.78, 5) is 27.9. The molecule has 0 unspecified atom stereocenters. The standard InChI is InChI=1S/C15H20N6O4S.ClH/c1-21-9-14(18-10-21)26(24,25)19-8-13(22)20-12-5-3-2-4-11(12)15(23)17-7-6-16;/h2-5,9-10,19H,6-8,16H2,1H3,(H,17,23)(H,20,22);1H. The number of rotatable bonds is 8. The van der Waals surface area contributed by atoms with Gasteiger partial charge < -0.3 is 20.9 Å². The highest BCUT2D eigenvalue weighted by Gasteiger charge is 2.19. The number of para-hydroxylation sites is 1. The van der Waals surface area contributed by atoms with E-state index in [4.69, 9.17) is 5.73 Å². The highest BCUT2D eigenvalue weighted by molar-refractivity contribution is 7.89.